The van der Waals surface area contributed by atoms with Gasteiger partial charge in [0.15, 0.2) is 0 Å². The lowest BCUT2D eigenvalue weighted by atomic mass is 9.79. The van der Waals surface area contributed by atoms with E-state index in [2.05, 4.69) is 90.9 Å². The SMILES string of the molecule is CN1c2ccc(C3C=CC=CC3)cc2C2CC(c3ccccc3)=CCC21. The van der Waals surface area contributed by atoms with Gasteiger partial charge in [-0.3, -0.25) is 0 Å². The first-order valence-corrected chi connectivity index (χ1v) is 9.76. The molecule has 1 nitrogen and oxygen atoms in total. The molecule has 130 valence electrons. The fourth-order valence-corrected chi connectivity index (χ4v) is 4.95. The highest BCUT2D eigenvalue weighted by atomic mass is 15.2. The van der Waals surface area contributed by atoms with E-state index in [1.165, 1.54) is 22.4 Å². The Balaban J connectivity index is 1.49. The third-order valence-electron chi connectivity index (χ3n) is 6.39. The van der Waals surface area contributed by atoms with Gasteiger partial charge >= 0.3 is 0 Å². The monoisotopic (exact) mass is 339 g/mol. The average Bonchev–Trinajstić information content (AvgIpc) is 3.01. The maximum absolute atomic E-state index is 2.51. The predicted molar refractivity (Wildman–Crippen MR) is 111 cm³/mol. The summed E-state index contributed by atoms with van der Waals surface area (Å²) in [5.41, 5.74) is 7.35. The second kappa shape index (κ2) is 6.32. The van der Waals surface area contributed by atoms with Crippen molar-refractivity contribution in [3.05, 3.63) is 95.6 Å². The van der Waals surface area contributed by atoms with Gasteiger partial charge in [-0.1, -0.05) is 72.8 Å². The van der Waals surface area contributed by atoms with Crippen LogP contribution in [0.2, 0.25) is 0 Å². The molecule has 5 rings (SSSR count). The highest BCUT2D eigenvalue weighted by molar-refractivity contribution is 5.72. The Morgan fingerprint density at radius 2 is 1.85 bits per heavy atom. The molecule has 0 radical (unpaired) electrons. The number of likely N-dealkylation sites (N-methyl/N-ethyl adjacent to an activating group) is 1. The van der Waals surface area contributed by atoms with E-state index >= 15 is 0 Å². The van der Waals surface area contributed by atoms with E-state index in [1.54, 1.807) is 5.56 Å². The van der Waals surface area contributed by atoms with Gasteiger partial charge < -0.3 is 4.90 Å². The minimum Gasteiger partial charge on any atom is -0.370 e. The fraction of sp³-hybridized carbons (Fsp3) is 0.280. The van der Waals surface area contributed by atoms with Crippen LogP contribution >= 0.6 is 0 Å². The quantitative estimate of drug-likeness (QED) is 0.642. The molecular formula is C25H25N. The lowest BCUT2D eigenvalue weighted by molar-refractivity contribution is 0.541. The summed E-state index contributed by atoms with van der Waals surface area (Å²) in [6.07, 6.45) is 14.8. The molecule has 2 aliphatic carbocycles. The minimum atomic E-state index is 0.530. The molecule has 0 fully saturated rings. The zero-order valence-electron chi connectivity index (χ0n) is 15.3. The van der Waals surface area contributed by atoms with Crippen LogP contribution in [-0.2, 0) is 0 Å². The summed E-state index contributed by atoms with van der Waals surface area (Å²) in [7, 11) is 2.27. The van der Waals surface area contributed by atoms with Crippen LogP contribution < -0.4 is 4.90 Å². The average molecular weight is 339 g/mol. The van der Waals surface area contributed by atoms with Gasteiger partial charge in [0, 0.05) is 30.6 Å². The van der Waals surface area contributed by atoms with Crippen LogP contribution in [0.3, 0.4) is 0 Å². The first-order valence-electron chi connectivity index (χ1n) is 9.76. The van der Waals surface area contributed by atoms with Gasteiger partial charge in [0.25, 0.3) is 0 Å². The Morgan fingerprint density at radius 3 is 2.65 bits per heavy atom. The van der Waals surface area contributed by atoms with Gasteiger partial charge in [-0.2, -0.15) is 0 Å². The maximum Gasteiger partial charge on any atom is 0.0402 e. The van der Waals surface area contributed by atoms with E-state index in [-0.39, 0.29) is 0 Å². The number of nitrogens with zero attached hydrogens (tertiary/aromatic N) is 1. The molecule has 26 heavy (non-hydrogen) atoms. The van der Waals surface area contributed by atoms with Crippen LogP contribution in [-0.4, -0.2) is 13.1 Å². The largest absolute Gasteiger partial charge is 0.370 e. The zero-order chi connectivity index (χ0) is 17.5. The van der Waals surface area contributed by atoms with Crippen molar-refractivity contribution < 1.29 is 0 Å². The standard InChI is InChI=1S/C25H25N/c1-26-24-14-12-20(18-8-4-2-5-9-18)16-22(24)23-17-21(13-15-25(23)26)19-10-6-3-7-11-19/h2-10,12-13,15,17,19,22,24H,11,14,16H2,1H3. The zero-order valence-corrected chi connectivity index (χ0v) is 15.3. The van der Waals surface area contributed by atoms with Crippen molar-refractivity contribution >= 4 is 11.3 Å². The molecule has 3 unspecified atom stereocenters. The molecule has 0 saturated heterocycles. The molecule has 1 heteroatoms. The number of rotatable bonds is 2. The summed E-state index contributed by atoms with van der Waals surface area (Å²) in [5, 5.41) is 0. The molecule has 2 aromatic rings. The summed E-state index contributed by atoms with van der Waals surface area (Å²) >= 11 is 0. The molecule has 0 N–H and O–H groups in total. The Bertz CT molecular complexity index is 903. The molecule has 0 aromatic heterocycles. The van der Waals surface area contributed by atoms with Crippen LogP contribution in [0, 0.1) is 0 Å². The highest BCUT2D eigenvalue weighted by Gasteiger charge is 2.38. The lowest BCUT2D eigenvalue weighted by Gasteiger charge is -2.30. The van der Waals surface area contributed by atoms with Gasteiger partial charge in [0.05, 0.1) is 0 Å². The summed E-state index contributed by atoms with van der Waals surface area (Å²) in [6, 6.07) is 18.7. The second-order valence-corrected chi connectivity index (χ2v) is 7.79. The molecule has 3 atom stereocenters. The van der Waals surface area contributed by atoms with Crippen LogP contribution in [0.5, 0.6) is 0 Å². The molecule has 3 aliphatic rings. The van der Waals surface area contributed by atoms with Crippen LogP contribution in [0.1, 0.15) is 47.8 Å². The predicted octanol–water partition coefficient (Wildman–Crippen LogP) is 6.07. The first kappa shape index (κ1) is 15.7. The summed E-state index contributed by atoms with van der Waals surface area (Å²) in [5.74, 6) is 1.14. The number of hydrogen-bond donors (Lipinski definition) is 0. The number of anilines is 1. The Kier molecular flexibility index (Phi) is 3.81. The number of benzene rings is 2. The van der Waals surface area contributed by atoms with Crippen LogP contribution in [0.15, 0.2) is 78.9 Å². The highest BCUT2D eigenvalue weighted by Crippen LogP contribution is 2.49. The summed E-state index contributed by atoms with van der Waals surface area (Å²) in [6.45, 7) is 0. The smallest absolute Gasteiger partial charge is 0.0402 e. The third-order valence-corrected chi connectivity index (χ3v) is 6.39. The summed E-state index contributed by atoms with van der Waals surface area (Å²) in [4.78, 5) is 2.51. The first-order chi connectivity index (χ1) is 12.8. The third kappa shape index (κ3) is 2.54. The van der Waals surface area contributed by atoms with Crippen molar-refractivity contribution in [2.45, 2.75) is 37.1 Å². The van der Waals surface area contributed by atoms with E-state index in [4.69, 9.17) is 0 Å². The Labute approximate surface area is 156 Å². The molecule has 0 spiro atoms. The molecular weight excluding hydrogens is 314 g/mol. The molecule has 1 heterocycles. The van der Waals surface area contributed by atoms with Gasteiger partial charge in [-0.25, -0.2) is 0 Å². The number of allylic oxidation sites excluding steroid dienone is 5. The molecule has 0 saturated carbocycles. The number of hydrogen-bond acceptors (Lipinski definition) is 1. The van der Waals surface area contributed by atoms with E-state index < -0.39 is 0 Å². The van der Waals surface area contributed by atoms with E-state index in [0.717, 1.165) is 19.3 Å². The van der Waals surface area contributed by atoms with E-state index in [0.29, 0.717) is 17.9 Å². The van der Waals surface area contributed by atoms with E-state index in [1.807, 2.05) is 0 Å². The van der Waals surface area contributed by atoms with Gasteiger partial charge in [0.1, 0.15) is 0 Å². The minimum absolute atomic E-state index is 0.530. The fourth-order valence-electron chi connectivity index (χ4n) is 4.95. The molecule has 2 aromatic carbocycles. The van der Waals surface area contributed by atoms with Crippen LogP contribution in [0.25, 0.3) is 5.57 Å². The van der Waals surface area contributed by atoms with Crippen molar-refractivity contribution in [3.8, 4) is 0 Å². The second-order valence-electron chi connectivity index (χ2n) is 7.79. The number of fused-ring (bicyclic) bond motifs is 3. The van der Waals surface area contributed by atoms with Crippen molar-refractivity contribution in [2.24, 2.45) is 0 Å². The Morgan fingerprint density at radius 1 is 0.962 bits per heavy atom. The van der Waals surface area contributed by atoms with Crippen molar-refractivity contribution in [2.75, 3.05) is 11.9 Å². The molecule has 1 aliphatic heterocycles. The van der Waals surface area contributed by atoms with Crippen molar-refractivity contribution in [1.29, 1.82) is 0 Å². The van der Waals surface area contributed by atoms with Gasteiger partial charge in [0.2, 0.25) is 0 Å². The van der Waals surface area contributed by atoms with Gasteiger partial charge in [-0.05, 0) is 47.6 Å². The van der Waals surface area contributed by atoms with Crippen molar-refractivity contribution in [3.63, 3.8) is 0 Å². The molecule has 0 amide bonds. The Hall–Kier alpha value is -2.54. The topological polar surface area (TPSA) is 3.24 Å². The van der Waals surface area contributed by atoms with Gasteiger partial charge in [-0.15, -0.1) is 0 Å². The normalized spacial score (nSPS) is 26.4. The summed E-state index contributed by atoms with van der Waals surface area (Å²) < 4.78 is 0. The molecule has 0 bridgehead atoms. The van der Waals surface area contributed by atoms with Crippen LogP contribution in [0.4, 0.5) is 5.69 Å². The maximum atomic E-state index is 2.51. The van der Waals surface area contributed by atoms with Crippen molar-refractivity contribution in [1.82, 2.24) is 0 Å². The van der Waals surface area contributed by atoms with E-state index in [9.17, 15) is 0 Å². The lowest BCUT2D eigenvalue weighted by Crippen LogP contribution is -2.31.